The molecule has 0 fully saturated rings. The molecule has 0 amide bonds. The summed E-state index contributed by atoms with van der Waals surface area (Å²) in [7, 11) is 3.13. The molecule has 0 spiro atoms. The van der Waals surface area contributed by atoms with Crippen LogP contribution in [0, 0.1) is 6.92 Å². The second-order valence-corrected chi connectivity index (χ2v) is 7.13. The largest absolute Gasteiger partial charge is 0.497 e. The van der Waals surface area contributed by atoms with E-state index in [-0.39, 0.29) is 11.6 Å². The average molecular weight is 422 g/mol. The maximum absolute atomic E-state index is 12.6. The quantitative estimate of drug-likeness (QED) is 0.579. The topological polar surface area (TPSA) is 118 Å². The second kappa shape index (κ2) is 8.02. The lowest BCUT2D eigenvalue weighted by Crippen LogP contribution is -2.33. The van der Waals surface area contributed by atoms with Gasteiger partial charge in [-0.1, -0.05) is 18.2 Å². The number of aromatic hydroxyl groups is 1. The maximum Gasteiger partial charge on any atom is 0.335 e. The normalized spacial score (nSPS) is 15.3. The Hall–Kier alpha value is -4.01. The number of hydrogen-bond acceptors (Lipinski definition) is 7. The number of nitrogens with zero attached hydrogens (tertiary/aromatic N) is 2. The van der Waals surface area contributed by atoms with E-state index >= 15 is 0 Å². The molecule has 9 heteroatoms. The van der Waals surface area contributed by atoms with Gasteiger partial charge in [0.25, 0.3) is 5.56 Å². The van der Waals surface area contributed by atoms with E-state index in [2.05, 4.69) is 15.5 Å². The summed E-state index contributed by atoms with van der Waals surface area (Å²) in [5, 5.41) is 15.2. The molecule has 3 N–H and O–H groups in total. The zero-order chi connectivity index (χ0) is 22.1. The third kappa shape index (κ3) is 3.54. The number of nitrogens with one attached hydrogen (secondary N) is 2. The number of ether oxygens (including phenoxy) is 2. The molecule has 2 heterocycles. The van der Waals surface area contributed by atoms with Gasteiger partial charge in [-0.25, -0.2) is 9.36 Å². The Morgan fingerprint density at radius 2 is 1.90 bits per heavy atom. The molecule has 3 aromatic rings. The lowest BCUT2D eigenvalue weighted by Gasteiger charge is -2.16. The lowest BCUT2D eigenvalue weighted by atomic mass is 9.99. The molecule has 2 aromatic carbocycles. The minimum Gasteiger partial charge on any atom is -0.497 e. The van der Waals surface area contributed by atoms with Gasteiger partial charge in [0, 0.05) is 18.1 Å². The van der Waals surface area contributed by atoms with Crippen molar-refractivity contribution in [3.05, 3.63) is 80.0 Å². The number of hydrogen-bond donors (Lipinski definition) is 3. The van der Waals surface area contributed by atoms with Crippen LogP contribution >= 0.6 is 0 Å². The number of para-hydroxylation sites is 1. The molecule has 160 valence electrons. The first-order chi connectivity index (χ1) is 14.9. The van der Waals surface area contributed by atoms with Crippen molar-refractivity contribution < 1.29 is 14.6 Å². The van der Waals surface area contributed by atoms with Crippen molar-refractivity contribution in [2.24, 2.45) is 5.10 Å². The van der Waals surface area contributed by atoms with Crippen molar-refractivity contribution in [2.45, 2.75) is 19.4 Å². The standard InChI is InChI=1S/C22H22N4O5/c1-12-6-4-5-7-17(12)26-21(28)19(20(27)23-22(26)29)16-11-15(24-25-16)14-9-8-13(30-2)10-18(14)31-3/h4-10,15,24,28H,11H2,1-3H3,(H,23,27,29)/t15-/m0/s1. The van der Waals surface area contributed by atoms with Crippen LogP contribution in [0.15, 0.2) is 57.2 Å². The minimum atomic E-state index is -0.722. The molecule has 0 unspecified atom stereocenters. The first-order valence-corrected chi connectivity index (χ1v) is 9.63. The Kier molecular flexibility index (Phi) is 5.24. The summed E-state index contributed by atoms with van der Waals surface area (Å²) < 4.78 is 11.8. The maximum atomic E-state index is 12.6. The Balaban J connectivity index is 1.74. The van der Waals surface area contributed by atoms with E-state index < -0.39 is 17.1 Å². The van der Waals surface area contributed by atoms with Gasteiger partial charge >= 0.3 is 5.69 Å². The Morgan fingerprint density at radius 1 is 1.13 bits per heavy atom. The van der Waals surface area contributed by atoms with Crippen molar-refractivity contribution in [2.75, 3.05) is 14.2 Å². The molecular formula is C22H22N4O5. The van der Waals surface area contributed by atoms with E-state index in [4.69, 9.17) is 9.47 Å². The Bertz CT molecular complexity index is 1290. The summed E-state index contributed by atoms with van der Waals surface area (Å²) in [4.78, 5) is 27.3. The fraction of sp³-hybridized carbons (Fsp3) is 0.227. The Morgan fingerprint density at radius 3 is 2.61 bits per heavy atom. The van der Waals surface area contributed by atoms with Gasteiger partial charge in [0.05, 0.1) is 31.7 Å². The predicted molar refractivity (Wildman–Crippen MR) is 116 cm³/mol. The molecule has 1 atom stereocenters. The first-order valence-electron chi connectivity index (χ1n) is 9.63. The molecule has 4 rings (SSSR count). The van der Waals surface area contributed by atoms with Gasteiger partial charge in [-0.2, -0.15) is 5.10 Å². The summed E-state index contributed by atoms with van der Waals surface area (Å²) in [6.45, 7) is 1.81. The SMILES string of the molecule is COc1ccc([C@@H]2CC(c3c(O)n(-c4ccccc4C)c(=O)[nH]c3=O)=NN2)c(OC)c1. The second-order valence-electron chi connectivity index (χ2n) is 7.13. The summed E-state index contributed by atoms with van der Waals surface area (Å²) in [5.41, 5.74) is 3.92. The number of aromatic nitrogens is 2. The molecule has 1 aliphatic rings. The van der Waals surface area contributed by atoms with E-state index in [0.717, 1.165) is 15.7 Å². The number of H-pyrrole nitrogens is 1. The van der Waals surface area contributed by atoms with Crippen LogP contribution in [0.25, 0.3) is 5.69 Å². The van der Waals surface area contributed by atoms with E-state index in [0.29, 0.717) is 29.3 Å². The van der Waals surface area contributed by atoms with Crippen LogP contribution < -0.4 is 26.1 Å². The van der Waals surface area contributed by atoms with Crippen LogP contribution in [0.1, 0.15) is 29.2 Å². The van der Waals surface area contributed by atoms with Gasteiger partial charge in [-0.3, -0.25) is 9.78 Å². The van der Waals surface area contributed by atoms with Crippen molar-refractivity contribution >= 4 is 5.71 Å². The van der Waals surface area contributed by atoms with Crippen LogP contribution in [0.3, 0.4) is 0 Å². The van der Waals surface area contributed by atoms with Crippen LogP contribution in [0.5, 0.6) is 17.4 Å². The first kappa shape index (κ1) is 20.3. The zero-order valence-corrected chi connectivity index (χ0v) is 17.3. The van der Waals surface area contributed by atoms with Crippen LogP contribution in [0.4, 0.5) is 0 Å². The monoisotopic (exact) mass is 422 g/mol. The highest BCUT2D eigenvalue weighted by atomic mass is 16.5. The average Bonchev–Trinajstić information content (AvgIpc) is 3.23. The Labute approximate surface area is 177 Å². The van der Waals surface area contributed by atoms with Gasteiger partial charge < -0.3 is 20.0 Å². The molecule has 1 aliphatic heterocycles. The third-order valence-electron chi connectivity index (χ3n) is 5.30. The summed E-state index contributed by atoms with van der Waals surface area (Å²) in [5.74, 6) is 0.807. The summed E-state index contributed by atoms with van der Waals surface area (Å²) >= 11 is 0. The molecule has 0 radical (unpaired) electrons. The fourth-order valence-corrected chi connectivity index (χ4v) is 3.71. The van der Waals surface area contributed by atoms with E-state index in [1.54, 1.807) is 38.5 Å². The van der Waals surface area contributed by atoms with Crippen LogP contribution in [0.2, 0.25) is 0 Å². The van der Waals surface area contributed by atoms with Crippen molar-refractivity contribution in [3.8, 4) is 23.1 Å². The van der Waals surface area contributed by atoms with Crippen molar-refractivity contribution in [3.63, 3.8) is 0 Å². The van der Waals surface area contributed by atoms with E-state index in [9.17, 15) is 14.7 Å². The molecule has 1 aromatic heterocycles. The van der Waals surface area contributed by atoms with Crippen LogP contribution in [-0.2, 0) is 0 Å². The van der Waals surface area contributed by atoms with Crippen LogP contribution in [-0.4, -0.2) is 34.6 Å². The molecule has 0 saturated heterocycles. The number of methoxy groups -OCH3 is 2. The highest BCUT2D eigenvalue weighted by molar-refractivity contribution is 6.03. The molecule has 31 heavy (non-hydrogen) atoms. The number of aromatic amines is 1. The number of benzene rings is 2. The fourth-order valence-electron chi connectivity index (χ4n) is 3.71. The molecule has 0 saturated carbocycles. The van der Waals surface area contributed by atoms with Crippen molar-refractivity contribution in [1.29, 1.82) is 0 Å². The summed E-state index contributed by atoms with van der Waals surface area (Å²) in [6.07, 6.45) is 0.311. The van der Waals surface area contributed by atoms with Gasteiger partial charge in [0.2, 0.25) is 5.88 Å². The molecular weight excluding hydrogens is 400 g/mol. The highest BCUT2D eigenvalue weighted by Gasteiger charge is 2.29. The van der Waals surface area contributed by atoms with Gasteiger partial charge in [0.1, 0.15) is 17.1 Å². The number of aryl methyl sites for hydroxylation is 1. The highest BCUT2D eigenvalue weighted by Crippen LogP contribution is 2.34. The summed E-state index contributed by atoms with van der Waals surface area (Å²) in [6, 6.07) is 12.2. The zero-order valence-electron chi connectivity index (χ0n) is 17.3. The van der Waals surface area contributed by atoms with Gasteiger partial charge in [0.15, 0.2) is 0 Å². The number of hydrazone groups is 1. The molecule has 0 bridgehead atoms. The smallest absolute Gasteiger partial charge is 0.335 e. The van der Waals surface area contributed by atoms with Gasteiger partial charge in [-0.05, 0) is 30.7 Å². The third-order valence-corrected chi connectivity index (χ3v) is 5.30. The number of rotatable bonds is 5. The molecule has 9 nitrogen and oxygen atoms in total. The van der Waals surface area contributed by atoms with Gasteiger partial charge in [-0.15, -0.1) is 0 Å². The molecule has 0 aliphatic carbocycles. The van der Waals surface area contributed by atoms with E-state index in [1.807, 2.05) is 25.1 Å². The minimum absolute atomic E-state index is 0.0506. The predicted octanol–water partition coefficient (Wildman–Crippen LogP) is 2.00. The van der Waals surface area contributed by atoms with Crippen molar-refractivity contribution in [1.82, 2.24) is 15.0 Å². The lowest BCUT2D eigenvalue weighted by molar-refractivity contribution is 0.386. The van der Waals surface area contributed by atoms with E-state index in [1.165, 1.54) is 0 Å².